The van der Waals surface area contributed by atoms with Gasteiger partial charge in [0.05, 0.1) is 12.5 Å². The van der Waals surface area contributed by atoms with Crippen LogP contribution >= 0.6 is 0 Å². The number of hydrogen-bond donors (Lipinski definition) is 1. The molecule has 0 aliphatic heterocycles. The number of carbonyl (C=O) groups is 1. The van der Waals surface area contributed by atoms with E-state index >= 15 is 0 Å². The molecule has 0 spiro atoms. The summed E-state index contributed by atoms with van der Waals surface area (Å²) in [6.07, 6.45) is 0.260. The summed E-state index contributed by atoms with van der Waals surface area (Å²) in [6, 6.07) is 13.9. The van der Waals surface area contributed by atoms with Crippen molar-refractivity contribution in [1.82, 2.24) is 5.32 Å². The van der Waals surface area contributed by atoms with Gasteiger partial charge in [0.1, 0.15) is 5.82 Å². The fourth-order valence-electron chi connectivity index (χ4n) is 2.23. The molecule has 0 fully saturated rings. The number of rotatable bonds is 4. The summed E-state index contributed by atoms with van der Waals surface area (Å²) in [5.74, 6) is -0.352. The number of hydrogen-bond acceptors (Lipinski definition) is 1. The van der Waals surface area contributed by atoms with Crippen molar-refractivity contribution in [2.45, 2.75) is 26.3 Å². The molecule has 1 N–H and O–H groups in total. The molecule has 1 atom stereocenters. The fourth-order valence-corrected chi connectivity index (χ4v) is 2.23. The van der Waals surface area contributed by atoms with E-state index in [9.17, 15) is 9.18 Å². The summed E-state index contributed by atoms with van der Waals surface area (Å²) in [6.45, 7) is 3.99. The van der Waals surface area contributed by atoms with Gasteiger partial charge in [0.25, 0.3) is 0 Å². The maximum Gasteiger partial charge on any atom is 0.224 e. The van der Waals surface area contributed by atoms with Gasteiger partial charge in [0.15, 0.2) is 0 Å². The number of amides is 1. The Kier molecular flexibility index (Phi) is 4.51. The van der Waals surface area contributed by atoms with E-state index in [-0.39, 0.29) is 24.2 Å². The molecule has 2 nitrogen and oxygen atoms in total. The molecule has 0 aliphatic rings. The third kappa shape index (κ3) is 3.67. The number of halogens is 1. The molecule has 2 aromatic rings. The second-order valence-corrected chi connectivity index (χ2v) is 4.95. The number of carbonyl (C=O) groups excluding carboxylic acids is 1. The Morgan fingerprint density at radius 3 is 2.45 bits per heavy atom. The molecular weight excluding hydrogens is 253 g/mol. The third-order valence-corrected chi connectivity index (χ3v) is 3.31. The van der Waals surface area contributed by atoms with Crippen molar-refractivity contribution < 1.29 is 9.18 Å². The van der Waals surface area contributed by atoms with Gasteiger partial charge in [-0.2, -0.15) is 0 Å². The van der Waals surface area contributed by atoms with Gasteiger partial charge >= 0.3 is 0 Å². The van der Waals surface area contributed by atoms with Crippen LogP contribution in [0.3, 0.4) is 0 Å². The van der Waals surface area contributed by atoms with Crippen molar-refractivity contribution in [2.75, 3.05) is 0 Å². The topological polar surface area (TPSA) is 29.1 Å². The molecule has 0 saturated heterocycles. The molecule has 0 saturated carbocycles. The first-order chi connectivity index (χ1) is 9.56. The van der Waals surface area contributed by atoms with Crippen LogP contribution in [0.5, 0.6) is 0 Å². The number of benzene rings is 2. The van der Waals surface area contributed by atoms with Crippen molar-refractivity contribution in [2.24, 2.45) is 0 Å². The van der Waals surface area contributed by atoms with Crippen LogP contribution in [-0.2, 0) is 11.2 Å². The Balaban J connectivity index is 1.98. The van der Waals surface area contributed by atoms with E-state index in [1.54, 1.807) is 12.1 Å². The minimum Gasteiger partial charge on any atom is -0.349 e. The SMILES string of the molecule is Cc1ccccc1C(C)NC(=O)Cc1ccc(F)cc1. The van der Waals surface area contributed by atoms with E-state index in [0.717, 1.165) is 16.7 Å². The molecule has 0 radical (unpaired) electrons. The van der Waals surface area contributed by atoms with Gasteiger partial charge in [-0.1, -0.05) is 36.4 Å². The quantitative estimate of drug-likeness (QED) is 0.905. The zero-order valence-electron chi connectivity index (χ0n) is 11.7. The average molecular weight is 271 g/mol. The van der Waals surface area contributed by atoms with Gasteiger partial charge < -0.3 is 5.32 Å². The molecule has 1 unspecified atom stereocenters. The number of nitrogens with one attached hydrogen (secondary N) is 1. The maximum atomic E-state index is 12.8. The number of aryl methyl sites for hydroxylation is 1. The van der Waals surface area contributed by atoms with Gasteiger partial charge in [0, 0.05) is 0 Å². The zero-order valence-corrected chi connectivity index (χ0v) is 11.7. The van der Waals surface area contributed by atoms with E-state index in [1.165, 1.54) is 12.1 Å². The van der Waals surface area contributed by atoms with Gasteiger partial charge in [-0.15, -0.1) is 0 Å². The lowest BCUT2D eigenvalue weighted by Crippen LogP contribution is -2.28. The van der Waals surface area contributed by atoms with Crippen molar-refractivity contribution in [3.05, 3.63) is 71.0 Å². The largest absolute Gasteiger partial charge is 0.349 e. The van der Waals surface area contributed by atoms with Crippen LogP contribution in [0.1, 0.15) is 29.7 Å². The van der Waals surface area contributed by atoms with Crippen LogP contribution in [0.2, 0.25) is 0 Å². The minimum atomic E-state index is -0.289. The van der Waals surface area contributed by atoms with Crippen molar-refractivity contribution >= 4 is 5.91 Å². The van der Waals surface area contributed by atoms with E-state index < -0.39 is 0 Å². The molecule has 0 aliphatic carbocycles. The normalized spacial score (nSPS) is 11.9. The second-order valence-electron chi connectivity index (χ2n) is 4.95. The predicted octanol–water partition coefficient (Wildman–Crippen LogP) is 3.55. The molecule has 2 aromatic carbocycles. The van der Waals surface area contributed by atoms with E-state index in [2.05, 4.69) is 5.32 Å². The van der Waals surface area contributed by atoms with Gasteiger partial charge in [-0.25, -0.2) is 4.39 Å². The van der Waals surface area contributed by atoms with E-state index in [4.69, 9.17) is 0 Å². The summed E-state index contributed by atoms with van der Waals surface area (Å²) >= 11 is 0. The lowest BCUT2D eigenvalue weighted by atomic mass is 10.0. The maximum absolute atomic E-state index is 12.8. The molecule has 20 heavy (non-hydrogen) atoms. The summed E-state index contributed by atoms with van der Waals surface area (Å²) in [4.78, 5) is 12.0. The highest BCUT2D eigenvalue weighted by Crippen LogP contribution is 2.16. The Bertz CT molecular complexity index is 592. The van der Waals surface area contributed by atoms with Crippen LogP contribution in [0.15, 0.2) is 48.5 Å². The lowest BCUT2D eigenvalue weighted by Gasteiger charge is -2.16. The molecule has 1 amide bonds. The smallest absolute Gasteiger partial charge is 0.224 e. The first-order valence-corrected chi connectivity index (χ1v) is 6.65. The molecule has 2 rings (SSSR count). The molecule has 0 heterocycles. The summed E-state index contributed by atoms with van der Waals surface area (Å²) in [7, 11) is 0. The summed E-state index contributed by atoms with van der Waals surface area (Å²) < 4.78 is 12.8. The van der Waals surface area contributed by atoms with Crippen LogP contribution in [0.25, 0.3) is 0 Å². The van der Waals surface area contributed by atoms with Gasteiger partial charge in [0.2, 0.25) is 5.91 Å². The molecule has 0 bridgehead atoms. The Morgan fingerprint density at radius 2 is 1.80 bits per heavy atom. The van der Waals surface area contributed by atoms with Crippen LogP contribution in [0, 0.1) is 12.7 Å². The Morgan fingerprint density at radius 1 is 1.15 bits per heavy atom. The van der Waals surface area contributed by atoms with Gasteiger partial charge in [-0.3, -0.25) is 4.79 Å². The van der Waals surface area contributed by atoms with E-state index in [0.29, 0.717) is 0 Å². The second kappa shape index (κ2) is 6.33. The molecule has 104 valence electrons. The monoisotopic (exact) mass is 271 g/mol. The average Bonchev–Trinajstić information content (AvgIpc) is 2.41. The molecule has 0 aromatic heterocycles. The highest BCUT2D eigenvalue weighted by molar-refractivity contribution is 5.79. The highest BCUT2D eigenvalue weighted by Gasteiger charge is 2.11. The summed E-state index contributed by atoms with van der Waals surface area (Å²) in [5.41, 5.74) is 3.07. The first-order valence-electron chi connectivity index (χ1n) is 6.65. The lowest BCUT2D eigenvalue weighted by molar-refractivity contribution is -0.121. The van der Waals surface area contributed by atoms with Gasteiger partial charge in [-0.05, 0) is 42.7 Å². The minimum absolute atomic E-state index is 0.0378. The molecular formula is C17H18FNO. The third-order valence-electron chi connectivity index (χ3n) is 3.31. The standard InChI is InChI=1S/C17H18FNO/c1-12-5-3-4-6-16(12)13(2)19-17(20)11-14-7-9-15(18)10-8-14/h3-10,13H,11H2,1-2H3,(H,19,20). The fraction of sp³-hybridized carbons (Fsp3) is 0.235. The Labute approximate surface area is 118 Å². The summed E-state index contributed by atoms with van der Waals surface area (Å²) in [5, 5.41) is 2.97. The zero-order chi connectivity index (χ0) is 14.5. The van der Waals surface area contributed by atoms with Crippen LogP contribution in [-0.4, -0.2) is 5.91 Å². The van der Waals surface area contributed by atoms with Crippen molar-refractivity contribution in [1.29, 1.82) is 0 Å². The predicted molar refractivity (Wildman–Crippen MR) is 77.8 cm³/mol. The first kappa shape index (κ1) is 14.3. The van der Waals surface area contributed by atoms with Crippen molar-refractivity contribution in [3.8, 4) is 0 Å². The van der Waals surface area contributed by atoms with Crippen LogP contribution in [0.4, 0.5) is 4.39 Å². The van der Waals surface area contributed by atoms with E-state index in [1.807, 2.05) is 38.1 Å². The molecule has 3 heteroatoms. The highest BCUT2D eigenvalue weighted by atomic mass is 19.1. The van der Waals surface area contributed by atoms with Crippen molar-refractivity contribution in [3.63, 3.8) is 0 Å². The Hall–Kier alpha value is -2.16. The van der Waals surface area contributed by atoms with Crippen LogP contribution < -0.4 is 5.32 Å².